The number of hydrogen-bond acceptors (Lipinski definition) is 2. The minimum absolute atomic E-state index is 0.223. The van der Waals surface area contributed by atoms with Crippen molar-refractivity contribution in [2.75, 3.05) is 0 Å². The summed E-state index contributed by atoms with van der Waals surface area (Å²) in [6, 6.07) is 7.72. The quantitative estimate of drug-likeness (QED) is 0.898. The number of aryl methyl sites for hydroxylation is 1. The molecule has 0 radical (unpaired) electrons. The van der Waals surface area contributed by atoms with Crippen LogP contribution in [-0.2, 0) is 13.1 Å². The average Bonchev–Trinajstić information content (AvgIpc) is 2.87. The third-order valence-corrected chi connectivity index (χ3v) is 2.69. The molecule has 1 N–H and O–H groups in total. The van der Waals surface area contributed by atoms with Crippen LogP contribution in [-0.4, -0.2) is 15.7 Å². The summed E-state index contributed by atoms with van der Waals surface area (Å²) in [5.74, 6) is -0.507. The molecule has 1 heterocycles. The van der Waals surface area contributed by atoms with Gasteiger partial charge in [-0.25, -0.2) is 4.39 Å². The molecule has 0 bridgehead atoms. The van der Waals surface area contributed by atoms with Crippen LogP contribution in [0.5, 0.6) is 0 Å². The second kappa shape index (κ2) is 6.13. The van der Waals surface area contributed by atoms with E-state index in [0.29, 0.717) is 12.2 Å². The van der Waals surface area contributed by atoms with Gasteiger partial charge in [0, 0.05) is 19.3 Å². The van der Waals surface area contributed by atoms with Gasteiger partial charge >= 0.3 is 0 Å². The number of carbonyl (C=O) groups is 1. The summed E-state index contributed by atoms with van der Waals surface area (Å²) in [6.07, 6.45) is 2.76. The monoisotopic (exact) mass is 261 g/mol. The molecule has 0 atom stereocenters. The molecule has 0 saturated heterocycles. The number of hydrogen-bond donors (Lipinski definition) is 1. The first-order chi connectivity index (χ1) is 9.19. The van der Waals surface area contributed by atoms with Crippen molar-refractivity contribution >= 4 is 5.91 Å². The van der Waals surface area contributed by atoms with Gasteiger partial charge in [0.1, 0.15) is 11.5 Å². The normalized spacial score (nSPS) is 10.4. The molecule has 0 aliphatic carbocycles. The van der Waals surface area contributed by atoms with Crippen LogP contribution >= 0.6 is 0 Å². The van der Waals surface area contributed by atoms with E-state index in [1.807, 2.05) is 0 Å². The lowest BCUT2D eigenvalue weighted by atomic mass is 10.2. The molecule has 2 aromatic rings. The Balaban J connectivity index is 1.91. The van der Waals surface area contributed by atoms with Gasteiger partial charge in [0.15, 0.2) is 0 Å². The highest BCUT2D eigenvalue weighted by Gasteiger charge is 2.08. The molecule has 0 aliphatic rings. The summed E-state index contributed by atoms with van der Waals surface area (Å²) in [4.78, 5) is 11.8. The van der Waals surface area contributed by atoms with Gasteiger partial charge in [-0.05, 0) is 30.2 Å². The molecule has 0 aliphatic heterocycles. The van der Waals surface area contributed by atoms with E-state index in [2.05, 4.69) is 17.3 Å². The topological polar surface area (TPSA) is 46.9 Å². The lowest BCUT2D eigenvalue weighted by Crippen LogP contribution is -2.23. The molecular weight excluding hydrogens is 245 g/mol. The highest BCUT2D eigenvalue weighted by atomic mass is 19.1. The van der Waals surface area contributed by atoms with Crippen molar-refractivity contribution in [3.63, 3.8) is 0 Å². The van der Waals surface area contributed by atoms with Gasteiger partial charge in [-0.1, -0.05) is 19.1 Å². The Morgan fingerprint density at radius 3 is 2.74 bits per heavy atom. The van der Waals surface area contributed by atoms with Crippen LogP contribution < -0.4 is 5.32 Å². The fraction of sp³-hybridized carbons (Fsp3) is 0.286. The predicted molar refractivity (Wildman–Crippen MR) is 70.1 cm³/mol. The van der Waals surface area contributed by atoms with Gasteiger partial charge in [0.25, 0.3) is 5.91 Å². The summed E-state index contributed by atoms with van der Waals surface area (Å²) in [5, 5.41) is 6.92. The average molecular weight is 261 g/mol. The molecule has 100 valence electrons. The first-order valence-corrected chi connectivity index (χ1v) is 6.25. The second-order valence-electron chi connectivity index (χ2n) is 4.27. The van der Waals surface area contributed by atoms with E-state index in [1.54, 1.807) is 29.1 Å². The first kappa shape index (κ1) is 13.3. The maximum Gasteiger partial charge on any atom is 0.272 e. The summed E-state index contributed by atoms with van der Waals surface area (Å²) >= 11 is 0. The zero-order valence-corrected chi connectivity index (χ0v) is 10.8. The Bertz CT molecular complexity index is 548. The number of halogens is 1. The van der Waals surface area contributed by atoms with Crippen molar-refractivity contribution in [1.29, 1.82) is 0 Å². The SMILES string of the molecule is CCCn1ccc(C(=O)NCc2ccc(F)cc2)n1. The van der Waals surface area contributed by atoms with Gasteiger partial charge in [-0.15, -0.1) is 0 Å². The van der Waals surface area contributed by atoms with E-state index in [-0.39, 0.29) is 11.7 Å². The molecule has 0 fully saturated rings. The molecular formula is C14H16FN3O. The summed E-state index contributed by atoms with van der Waals surface area (Å²) < 4.78 is 14.5. The first-order valence-electron chi connectivity index (χ1n) is 6.25. The Labute approximate surface area is 111 Å². The molecule has 0 saturated carbocycles. The van der Waals surface area contributed by atoms with E-state index in [4.69, 9.17) is 0 Å². The molecule has 0 unspecified atom stereocenters. The molecule has 4 nitrogen and oxygen atoms in total. The molecule has 2 rings (SSSR count). The Morgan fingerprint density at radius 1 is 1.32 bits per heavy atom. The van der Waals surface area contributed by atoms with Gasteiger partial charge < -0.3 is 5.32 Å². The molecule has 19 heavy (non-hydrogen) atoms. The van der Waals surface area contributed by atoms with E-state index < -0.39 is 0 Å². The number of nitrogens with one attached hydrogen (secondary N) is 1. The van der Waals surface area contributed by atoms with Crippen molar-refractivity contribution in [3.05, 3.63) is 53.6 Å². The largest absolute Gasteiger partial charge is 0.347 e. The number of carbonyl (C=O) groups excluding carboxylic acids is 1. The van der Waals surface area contributed by atoms with Gasteiger partial charge in [0.05, 0.1) is 0 Å². The summed E-state index contributed by atoms with van der Waals surface area (Å²) in [5.41, 5.74) is 1.25. The molecule has 0 spiro atoms. The minimum atomic E-state index is -0.284. The maximum atomic E-state index is 12.7. The van der Waals surface area contributed by atoms with Crippen LogP contribution in [0, 0.1) is 5.82 Å². The number of nitrogens with zero attached hydrogens (tertiary/aromatic N) is 2. The van der Waals surface area contributed by atoms with Crippen molar-refractivity contribution in [1.82, 2.24) is 15.1 Å². The summed E-state index contributed by atoms with van der Waals surface area (Å²) in [7, 11) is 0. The van der Waals surface area contributed by atoms with Gasteiger partial charge in [0.2, 0.25) is 0 Å². The van der Waals surface area contributed by atoms with Crippen LogP contribution in [0.3, 0.4) is 0 Å². The number of rotatable bonds is 5. The highest BCUT2D eigenvalue weighted by Crippen LogP contribution is 2.03. The van der Waals surface area contributed by atoms with Crippen LogP contribution in [0.15, 0.2) is 36.5 Å². The maximum absolute atomic E-state index is 12.7. The van der Waals surface area contributed by atoms with E-state index in [0.717, 1.165) is 18.5 Å². The Hall–Kier alpha value is -2.17. The molecule has 5 heteroatoms. The number of aromatic nitrogens is 2. The predicted octanol–water partition coefficient (Wildman–Crippen LogP) is 2.36. The smallest absolute Gasteiger partial charge is 0.272 e. The lowest BCUT2D eigenvalue weighted by molar-refractivity contribution is 0.0945. The van der Waals surface area contributed by atoms with Gasteiger partial charge in [-0.2, -0.15) is 5.10 Å². The third kappa shape index (κ3) is 3.64. The Kier molecular flexibility index (Phi) is 4.28. The number of amides is 1. The second-order valence-corrected chi connectivity index (χ2v) is 4.27. The zero-order valence-electron chi connectivity index (χ0n) is 10.8. The minimum Gasteiger partial charge on any atom is -0.347 e. The van der Waals surface area contributed by atoms with Gasteiger partial charge in [-0.3, -0.25) is 9.48 Å². The van der Waals surface area contributed by atoms with Crippen molar-refractivity contribution in [3.8, 4) is 0 Å². The fourth-order valence-electron chi connectivity index (χ4n) is 1.71. The van der Waals surface area contributed by atoms with Crippen molar-refractivity contribution in [2.24, 2.45) is 0 Å². The van der Waals surface area contributed by atoms with Crippen LogP contribution in [0.4, 0.5) is 4.39 Å². The highest BCUT2D eigenvalue weighted by molar-refractivity contribution is 5.92. The number of benzene rings is 1. The zero-order chi connectivity index (χ0) is 13.7. The third-order valence-electron chi connectivity index (χ3n) is 2.69. The van der Waals surface area contributed by atoms with Crippen LogP contribution in [0.2, 0.25) is 0 Å². The molecule has 1 aromatic carbocycles. The van der Waals surface area contributed by atoms with Crippen LogP contribution in [0.1, 0.15) is 29.4 Å². The van der Waals surface area contributed by atoms with Crippen LogP contribution in [0.25, 0.3) is 0 Å². The Morgan fingerprint density at radius 2 is 2.05 bits per heavy atom. The lowest BCUT2D eigenvalue weighted by Gasteiger charge is -2.03. The fourth-order valence-corrected chi connectivity index (χ4v) is 1.71. The van der Waals surface area contributed by atoms with E-state index in [1.165, 1.54) is 12.1 Å². The van der Waals surface area contributed by atoms with Crippen molar-refractivity contribution < 1.29 is 9.18 Å². The molecule has 1 amide bonds. The molecule has 1 aromatic heterocycles. The standard InChI is InChI=1S/C14H16FN3O/c1-2-8-18-9-7-13(17-18)14(19)16-10-11-3-5-12(15)6-4-11/h3-7,9H,2,8,10H2,1H3,(H,16,19). The van der Waals surface area contributed by atoms with E-state index >= 15 is 0 Å². The van der Waals surface area contributed by atoms with E-state index in [9.17, 15) is 9.18 Å². The summed E-state index contributed by atoms with van der Waals surface area (Å²) in [6.45, 7) is 3.21. The van der Waals surface area contributed by atoms with Crippen molar-refractivity contribution in [2.45, 2.75) is 26.4 Å².